The van der Waals surface area contributed by atoms with Crippen LogP contribution in [0.1, 0.15) is 27.6 Å². The Labute approximate surface area is 213 Å². The molecule has 36 heavy (non-hydrogen) atoms. The van der Waals surface area contributed by atoms with Crippen molar-refractivity contribution in [3.63, 3.8) is 0 Å². The van der Waals surface area contributed by atoms with Gasteiger partial charge in [-0.25, -0.2) is 4.79 Å². The Kier molecular flexibility index (Phi) is 7.87. The molecule has 4 rings (SSSR count). The lowest BCUT2D eigenvalue weighted by atomic mass is 10.0. The molecule has 1 amide bonds. The molecule has 0 aliphatic rings. The quantitative estimate of drug-likeness (QED) is 0.257. The molecule has 0 radical (unpaired) electrons. The van der Waals surface area contributed by atoms with Crippen molar-refractivity contribution in [3.05, 3.63) is 89.3 Å². The van der Waals surface area contributed by atoms with Crippen molar-refractivity contribution >= 4 is 28.2 Å². The summed E-state index contributed by atoms with van der Waals surface area (Å²) in [4.78, 5) is 25.9. The monoisotopic (exact) mass is 503 g/mol. The fourth-order valence-corrected chi connectivity index (χ4v) is 4.50. The molecule has 0 fully saturated rings. The molecule has 184 valence electrons. The van der Waals surface area contributed by atoms with Gasteiger partial charge < -0.3 is 24.3 Å². The topological polar surface area (TPSA) is 83.1 Å². The maximum atomic E-state index is 13.0. The Morgan fingerprint density at radius 3 is 2.22 bits per heavy atom. The first kappa shape index (κ1) is 24.8. The van der Waals surface area contributed by atoms with E-state index in [1.165, 1.54) is 25.6 Å². The Morgan fingerprint density at radius 2 is 1.56 bits per heavy atom. The summed E-state index contributed by atoms with van der Waals surface area (Å²) in [6.45, 7) is 1.95. The number of carbonyl (C=O) groups is 2. The number of anilines is 1. The molecule has 0 aliphatic carbocycles. The van der Waals surface area contributed by atoms with Crippen LogP contribution >= 0.6 is 11.3 Å². The van der Waals surface area contributed by atoms with Crippen molar-refractivity contribution in [1.29, 1.82) is 0 Å². The van der Waals surface area contributed by atoms with Gasteiger partial charge in [0.25, 0.3) is 5.91 Å². The number of ether oxygens (including phenoxy) is 4. The van der Waals surface area contributed by atoms with Crippen LogP contribution in [-0.2, 0) is 4.74 Å². The van der Waals surface area contributed by atoms with E-state index in [0.29, 0.717) is 38.9 Å². The summed E-state index contributed by atoms with van der Waals surface area (Å²) in [6, 6.07) is 21.7. The van der Waals surface area contributed by atoms with Gasteiger partial charge in [0.15, 0.2) is 11.5 Å². The number of nitrogens with one attached hydrogen (secondary N) is 1. The zero-order valence-electron chi connectivity index (χ0n) is 20.1. The number of benzene rings is 3. The number of esters is 1. The maximum absolute atomic E-state index is 13.0. The third-order valence-corrected chi connectivity index (χ3v) is 6.18. The van der Waals surface area contributed by atoms with Crippen LogP contribution in [0.3, 0.4) is 0 Å². The summed E-state index contributed by atoms with van der Waals surface area (Å²) in [7, 11) is 3.02. The molecule has 0 spiro atoms. The van der Waals surface area contributed by atoms with E-state index >= 15 is 0 Å². The van der Waals surface area contributed by atoms with Crippen LogP contribution in [-0.4, -0.2) is 32.7 Å². The average molecular weight is 504 g/mol. The molecule has 0 aliphatic heterocycles. The highest BCUT2D eigenvalue weighted by Gasteiger charge is 2.23. The Hall–Kier alpha value is -4.30. The van der Waals surface area contributed by atoms with Gasteiger partial charge in [-0.1, -0.05) is 30.3 Å². The fraction of sp³-hybridized carbons (Fsp3) is 0.143. The lowest BCUT2D eigenvalue weighted by Gasteiger charge is -2.11. The minimum Gasteiger partial charge on any atom is -0.493 e. The second kappa shape index (κ2) is 11.4. The van der Waals surface area contributed by atoms with Crippen molar-refractivity contribution in [2.24, 2.45) is 0 Å². The third kappa shape index (κ3) is 5.50. The first-order chi connectivity index (χ1) is 17.5. The molecule has 0 saturated heterocycles. The van der Waals surface area contributed by atoms with Crippen LogP contribution in [0.25, 0.3) is 11.1 Å². The first-order valence-electron chi connectivity index (χ1n) is 11.2. The highest BCUT2D eigenvalue weighted by molar-refractivity contribution is 7.15. The van der Waals surface area contributed by atoms with Crippen molar-refractivity contribution < 1.29 is 28.5 Å². The smallest absolute Gasteiger partial charge is 0.341 e. The SMILES string of the molecule is CCOC(=O)c1c(-c2ccc(Oc3ccccc3)cc2)csc1NC(=O)c1ccc(OC)c(OC)c1. The van der Waals surface area contributed by atoms with E-state index in [0.717, 1.165) is 11.3 Å². The predicted molar refractivity (Wildman–Crippen MR) is 140 cm³/mol. The molecule has 0 bridgehead atoms. The summed E-state index contributed by atoms with van der Waals surface area (Å²) in [6.07, 6.45) is 0. The molecule has 4 aromatic rings. The van der Waals surface area contributed by atoms with Crippen LogP contribution in [0, 0.1) is 0 Å². The van der Waals surface area contributed by atoms with Crippen LogP contribution in [0.15, 0.2) is 78.2 Å². The standard InChI is InChI=1S/C28H25NO6S/c1-4-34-28(31)25-22(18-10-13-21(14-11-18)35-20-8-6-5-7-9-20)17-36-27(25)29-26(30)19-12-15-23(32-2)24(16-19)33-3/h5-17H,4H2,1-3H3,(H,29,30). The highest BCUT2D eigenvalue weighted by atomic mass is 32.1. The molecule has 1 heterocycles. The van der Waals surface area contributed by atoms with Crippen LogP contribution < -0.4 is 19.5 Å². The molecule has 8 heteroatoms. The van der Waals surface area contributed by atoms with Crippen molar-refractivity contribution in [3.8, 4) is 34.1 Å². The highest BCUT2D eigenvalue weighted by Crippen LogP contribution is 2.38. The molecule has 0 unspecified atom stereocenters. The van der Waals surface area contributed by atoms with Gasteiger partial charge in [0.05, 0.1) is 20.8 Å². The number of hydrogen-bond acceptors (Lipinski definition) is 7. The number of para-hydroxylation sites is 1. The van der Waals surface area contributed by atoms with Crippen molar-refractivity contribution in [2.45, 2.75) is 6.92 Å². The molecule has 1 N–H and O–H groups in total. The molecule has 0 atom stereocenters. The normalized spacial score (nSPS) is 10.4. The summed E-state index contributed by atoms with van der Waals surface area (Å²) in [5.74, 6) is 1.44. The minimum absolute atomic E-state index is 0.209. The second-order valence-corrected chi connectivity index (χ2v) is 8.42. The summed E-state index contributed by atoms with van der Waals surface area (Å²) < 4.78 is 21.7. The van der Waals surface area contributed by atoms with Crippen molar-refractivity contribution in [2.75, 3.05) is 26.1 Å². The second-order valence-electron chi connectivity index (χ2n) is 7.54. The summed E-state index contributed by atoms with van der Waals surface area (Å²) in [5, 5.41) is 5.07. The van der Waals surface area contributed by atoms with E-state index in [1.54, 1.807) is 25.1 Å². The number of rotatable bonds is 9. The van der Waals surface area contributed by atoms with E-state index in [4.69, 9.17) is 18.9 Å². The Balaban J connectivity index is 1.61. The number of thiophene rings is 1. The van der Waals surface area contributed by atoms with Crippen LogP contribution in [0.2, 0.25) is 0 Å². The van der Waals surface area contributed by atoms with E-state index in [2.05, 4.69) is 5.32 Å². The molecular formula is C28H25NO6S. The van der Waals surface area contributed by atoms with Gasteiger partial charge in [-0.3, -0.25) is 4.79 Å². The van der Waals surface area contributed by atoms with E-state index < -0.39 is 5.97 Å². The van der Waals surface area contributed by atoms with Gasteiger partial charge in [0.2, 0.25) is 0 Å². The number of hydrogen-bond donors (Lipinski definition) is 1. The Bertz CT molecular complexity index is 1350. The van der Waals surface area contributed by atoms with Gasteiger partial charge in [0.1, 0.15) is 22.1 Å². The third-order valence-electron chi connectivity index (χ3n) is 5.29. The lowest BCUT2D eigenvalue weighted by Crippen LogP contribution is -2.15. The first-order valence-corrected chi connectivity index (χ1v) is 12.1. The Morgan fingerprint density at radius 1 is 0.861 bits per heavy atom. The van der Waals surface area contributed by atoms with Crippen LogP contribution in [0.4, 0.5) is 5.00 Å². The van der Waals surface area contributed by atoms with E-state index in [9.17, 15) is 9.59 Å². The zero-order valence-corrected chi connectivity index (χ0v) is 20.9. The van der Waals surface area contributed by atoms with Gasteiger partial charge in [-0.15, -0.1) is 11.3 Å². The summed E-state index contributed by atoms with van der Waals surface area (Å²) in [5.41, 5.74) is 2.11. The summed E-state index contributed by atoms with van der Waals surface area (Å²) >= 11 is 1.25. The fourth-order valence-electron chi connectivity index (χ4n) is 3.55. The van der Waals surface area contributed by atoms with Gasteiger partial charge in [-0.05, 0) is 55.0 Å². The van der Waals surface area contributed by atoms with E-state index in [-0.39, 0.29) is 12.5 Å². The average Bonchev–Trinajstić information content (AvgIpc) is 3.33. The predicted octanol–water partition coefficient (Wildman–Crippen LogP) is 6.65. The largest absolute Gasteiger partial charge is 0.493 e. The molecule has 1 aromatic heterocycles. The molecular weight excluding hydrogens is 478 g/mol. The van der Waals surface area contributed by atoms with Crippen molar-refractivity contribution in [1.82, 2.24) is 0 Å². The number of carbonyl (C=O) groups excluding carboxylic acids is 2. The van der Waals surface area contributed by atoms with Gasteiger partial charge in [0, 0.05) is 16.5 Å². The molecule has 3 aromatic carbocycles. The zero-order chi connectivity index (χ0) is 25.5. The maximum Gasteiger partial charge on any atom is 0.341 e. The van der Waals surface area contributed by atoms with E-state index in [1.807, 2.05) is 60.0 Å². The minimum atomic E-state index is -0.513. The van der Waals surface area contributed by atoms with Gasteiger partial charge >= 0.3 is 5.97 Å². The molecule has 7 nitrogen and oxygen atoms in total. The number of amides is 1. The number of methoxy groups -OCH3 is 2. The lowest BCUT2D eigenvalue weighted by molar-refractivity contribution is 0.0529. The van der Waals surface area contributed by atoms with Gasteiger partial charge in [-0.2, -0.15) is 0 Å². The van der Waals surface area contributed by atoms with Crippen LogP contribution in [0.5, 0.6) is 23.0 Å². The molecule has 0 saturated carbocycles.